The van der Waals surface area contributed by atoms with Gasteiger partial charge in [-0.2, -0.15) is 0 Å². The van der Waals surface area contributed by atoms with Crippen LogP contribution in [0.4, 0.5) is 0 Å². The van der Waals surface area contributed by atoms with E-state index in [4.69, 9.17) is 0 Å². The quantitative estimate of drug-likeness (QED) is 0.746. The van der Waals surface area contributed by atoms with Crippen molar-refractivity contribution in [3.8, 4) is 0 Å². The monoisotopic (exact) mass is 316 g/mol. The molecule has 3 nitrogen and oxygen atoms in total. The SMILES string of the molecule is C[C@H]1CC2C3CCC(=O)C3(C)CC(O)C2[C@@]2(C)CCC(=O)C=C12. The number of hydrogen-bond donors (Lipinski definition) is 1. The number of carbonyl (C=O) groups excluding carboxylic acids is 2. The molecule has 4 aliphatic rings. The number of ketones is 2. The molecule has 4 aliphatic carbocycles. The maximum atomic E-state index is 12.5. The van der Waals surface area contributed by atoms with Crippen LogP contribution in [0.25, 0.3) is 0 Å². The number of aliphatic hydroxyl groups excluding tert-OH is 1. The van der Waals surface area contributed by atoms with E-state index in [1.165, 1.54) is 5.57 Å². The normalized spacial score (nSPS) is 52.5. The Hall–Kier alpha value is -0.960. The molecule has 0 bridgehead atoms. The lowest BCUT2D eigenvalue weighted by Gasteiger charge is -2.60. The van der Waals surface area contributed by atoms with E-state index in [1.54, 1.807) is 0 Å². The van der Waals surface area contributed by atoms with Crippen LogP contribution >= 0.6 is 0 Å². The minimum atomic E-state index is -0.419. The second-order valence-corrected chi connectivity index (χ2v) is 9.07. The first-order valence-electron chi connectivity index (χ1n) is 9.23. The van der Waals surface area contributed by atoms with Crippen LogP contribution in [0.1, 0.15) is 59.3 Å². The third kappa shape index (κ3) is 1.92. The van der Waals surface area contributed by atoms with Gasteiger partial charge in [0.05, 0.1) is 6.10 Å². The van der Waals surface area contributed by atoms with E-state index in [0.717, 1.165) is 19.3 Å². The lowest BCUT2D eigenvalue weighted by Crippen LogP contribution is -2.58. The predicted molar refractivity (Wildman–Crippen MR) is 87.7 cm³/mol. The molecule has 0 aromatic rings. The van der Waals surface area contributed by atoms with Crippen molar-refractivity contribution in [3.63, 3.8) is 0 Å². The van der Waals surface area contributed by atoms with Crippen LogP contribution in [0.15, 0.2) is 11.6 Å². The molecule has 3 heteroatoms. The van der Waals surface area contributed by atoms with Crippen LogP contribution in [-0.4, -0.2) is 22.8 Å². The molecule has 4 rings (SSSR count). The molecule has 3 saturated carbocycles. The van der Waals surface area contributed by atoms with Crippen LogP contribution in [0.5, 0.6) is 0 Å². The van der Waals surface area contributed by atoms with E-state index in [9.17, 15) is 14.7 Å². The molecule has 0 radical (unpaired) electrons. The van der Waals surface area contributed by atoms with Gasteiger partial charge in [0, 0.05) is 18.3 Å². The summed E-state index contributed by atoms with van der Waals surface area (Å²) in [6.45, 7) is 6.59. The number of aliphatic hydroxyl groups is 1. The maximum absolute atomic E-state index is 12.5. The molecule has 0 saturated heterocycles. The summed E-state index contributed by atoms with van der Waals surface area (Å²) in [7, 11) is 0. The molecule has 126 valence electrons. The summed E-state index contributed by atoms with van der Waals surface area (Å²) in [6, 6.07) is 0. The summed E-state index contributed by atoms with van der Waals surface area (Å²) in [4.78, 5) is 24.4. The van der Waals surface area contributed by atoms with E-state index < -0.39 is 6.10 Å². The second kappa shape index (κ2) is 4.78. The average Bonchev–Trinajstić information content (AvgIpc) is 2.76. The highest BCUT2D eigenvalue weighted by Crippen LogP contribution is 2.65. The maximum Gasteiger partial charge on any atom is 0.155 e. The Morgan fingerprint density at radius 1 is 1.17 bits per heavy atom. The molecule has 1 N–H and O–H groups in total. The Labute approximate surface area is 138 Å². The number of hydrogen-bond acceptors (Lipinski definition) is 3. The van der Waals surface area contributed by atoms with Gasteiger partial charge in [0.15, 0.2) is 5.78 Å². The van der Waals surface area contributed by atoms with Gasteiger partial charge < -0.3 is 5.11 Å². The molecule has 0 aromatic heterocycles. The van der Waals surface area contributed by atoms with Crippen molar-refractivity contribution in [2.75, 3.05) is 0 Å². The molecule has 0 amide bonds. The van der Waals surface area contributed by atoms with Gasteiger partial charge in [-0.05, 0) is 60.8 Å². The average molecular weight is 316 g/mol. The number of allylic oxidation sites excluding steroid dienone is 1. The third-order valence-electron chi connectivity index (χ3n) is 7.92. The molecule has 0 aliphatic heterocycles. The van der Waals surface area contributed by atoms with Crippen molar-refractivity contribution in [2.24, 2.45) is 34.5 Å². The summed E-state index contributed by atoms with van der Waals surface area (Å²) in [6.07, 6.45) is 6.23. The number of fused-ring (bicyclic) bond motifs is 5. The van der Waals surface area contributed by atoms with E-state index in [1.807, 2.05) is 6.08 Å². The van der Waals surface area contributed by atoms with E-state index in [2.05, 4.69) is 20.8 Å². The Morgan fingerprint density at radius 3 is 2.65 bits per heavy atom. The summed E-state index contributed by atoms with van der Waals surface area (Å²) in [5.41, 5.74) is 0.882. The van der Waals surface area contributed by atoms with Crippen LogP contribution in [0.2, 0.25) is 0 Å². The minimum absolute atomic E-state index is 0.0668. The molecule has 0 aromatic carbocycles. The molecular weight excluding hydrogens is 288 g/mol. The van der Waals surface area contributed by atoms with Gasteiger partial charge in [-0.3, -0.25) is 9.59 Å². The summed E-state index contributed by atoms with van der Waals surface area (Å²) in [5.74, 6) is 2.03. The van der Waals surface area contributed by atoms with Gasteiger partial charge in [0.25, 0.3) is 0 Å². The highest BCUT2D eigenvalue weighted by molar-refractivity contribution is 5.92. The van der Waals surface area contributed by atoms with Gasteiger partial charge in [-0.15, -0.1) is 0 Å². The van der Waals surface area contributed by atoms with Gasteiger partial charge in [-0.1, -0.05) is 26.3 Å². The smallest absolute Gasteiger partial charge is 0.155 e. The fourth-order valence-corrected chi connectivity index (χ4v) is 6.89. The Morgan fingerprint density at radius 2 is 1.91 bits per heavy atom. The molecule has 5 unspecified atom stereocenters. The van der Waals surface area contributed by atoms with E-state index in [-0.39, 0.29) is 22.5 Å². The van der Waals surface area contributed by atoms with Gasteiger partial charge in [-0.25, -0.2) is 0 Å². The highest BCUT2D eigenvalue weighted by Gasteiger charge is 2.62. The zero-order chi connectivity index (χ0) is 16.6. The lowest BCUT2D eigenvalue weighted by atomic mass is 9.45. The first kappa shape index (κ1) is 15.6. The van der Waals surface area contributed by atoms with E-state index in [0.29, 0.717) is 42.8 Å². The van der Waals surface area contributed by atoms with Crippen LogP contribution < -0.4 is 0 Å². The van der Waals surface area contributed by atoms with Crippen molar-refractivity contribution in [1.82, 2.24) is 0 Å². The first-order valence-corrected chi connectivity index (χ1v) is 9.23. The minimum Gasteiger partial charge on any atom is -0.393 e. The van der Waals surface area contributed by atoms with Crippen LogP contribution in [-0.2, 0) is 9.59 Å². The molecular formula is C20H28O3. The Kier molecular flexibility index (Phi) is 3.23. The number of rotatable bonds is 0. The zero-order valence-electron chi connectivity index (χ0n) is 14.5. The standard InChI is InChI=1S/C20H28O3/c1-11-8-13-14-4-5-17(23)20(14,3)10-16(22)18(13)19(2)7-6-12(21)9-15(11)19/h9,11,13-14,16,18,22H,4-8,10H2,1-3H3/t11-,13?,14?,16?,18?,19-,20?/m0/s1. The third-order valence-corrected chi connectivity index (χ3v) is 7.92. The van der Waals surface area contributed by atoms with Crippen molar-refractivity contribution >= 4 is 11.6 Å². The van der Waals surface area contributed by atoms with Gasteiger partial charge >= 0.3 is 0 Å². The van der Waals surface area contributed by atoms with Crippen LogP contribution in [0, 0.1) is 34.5 Å². The fraction of sp³-hybridized carbons (Fsp3) is 0.800. The van der Waals surface area contributed by atoms with Gasteiger partial charge in [0.2, 0.25) is 0 Å². The Balaban J connectivity index is 1.79. The summed E-state index contributed by atoms with van der Waals surface area (Å²) < 4.78 is 0. The molecule has 3 fully saturated rings. The van der Waals surface area contributed by atoms with Gasteiger partial charge in [0.1, 0.15) is 5.78 Å². The Bertz CT molecular complexity index is 606. The summed E-state index contributed by atoms with van der Waals surface area (Å²) >= 11 is 0. The zero-order valence-corrected chi connectivity index (χ0v) is 14.5. The molecule has 0 spiro atoms. The van der Waals surface area contributed by atoms with Crippen molar-refractivity contribution in [2.45, 2.75) is 65.4 Å². The van der Waals surface area contributed by atoms with E-state index >= 15 is 0 Å². The molecule has 7 atom stereocenters. The largest absolute Gasteiger partial charge is 0.393 e. The number of carbonyl (C=O) groups is 2. The lowest BCUT2D eigenvalue weighted by molar-refractivity contribution is -0.149. The topological polar surface area (TPSA) is 54.4 Å². The van der Waals surface area contributed by atoms with Crippen molar-refractivity contribution in [1.29, 1.82) is 0 Å². The van der Waals surface area contributed by atoms with Crippen LogP contribution in [0.3, 0.4) is 0 Å². The fourth-order valence-electron chi connectivity index (χ4n) is 6.89. The second-order valence-electron chi connectivity index (χ2n) is 9.07. The first-order chi connectivity index (χ1) is 10.8. The summed E-state index contributed by atoms with van der Waals surface area (Å²) in [5, 5.41) is 11.0. The predicted octanol–water partition coefficient (Wildman–Crippen LogP) is 3.30. The number of Topliss-reactive ketones (excluding diaryl/α,β-unsaturated/α-hetero) is 1. The molecule has 0 heterocycles. The molecule has 23 heavy (non-hydrogen) atoms. The highest BCUT2D eigenvalue weighted by atomic mass is 16.3. The van der Waals surface area contributed by atoms with Crippen molar-refractivity contribution < 1.29 is 14.7 Å². The van der Waals surface area contributed by atoms with Crippen molar-refractivity contribution in [3.05, 3.63) is 11.6 Å².